The van der Waals surface area contributed by atoms with Gasteiger partial charge >= 0.3 is 0 Å². The van der Waals surface area contributed by atoms with Crippen molar-refractivity contribution in [2.45, 2.75) is 26.2 Å². The van der Waals surface area contributed by atoms with Gasteiger partial charge in [-0.05, 0) is 61.6 Å². The van der Waals surface area contributed by atoms with Gasteiger partial charge in [-0.1, -0.05) is 36.1 Å². The van der Waals surface area contributed by atoms with E-state index in [-0.39, 0.29) is 23.3 Å². The van der Waals surface area contributed by atoms with Gasteiger partial charge in [-0.3, -0.25) is 23.7 Å². The second-order valence-electron chi connectivity index (χ2n) is 10.0. The number of carbonyl (C=O) groups is 2. The summed E-state index contributed by atoms with van der Waals surface area (Å²) in [7, 11) is 3.16. The first-order chi connectivity index (χ1) is 19.7. The van der Waals surface area contributed by atoms with Crippen molar-refractivity contribution < 1.29 is 19.1 Å². The number of amides is 2. The number of carbonyl (C=O) groups excluding carboxylic acids is 2. The number of primary amides is 1. The van der Waals surface area contributed by atoms with Gasteiger partial charge in [0.2, 0.25) is 5.91 Å². The van der Waals surface area contributed by atoms with Crippen molar-refractivity contribution in [3.8, 4) is 11.5 Å². The fourth-order valence-corrected chi connectivity index (χ4v) is 6.38. The number of pyridine rings is 1. The van der Waals surface area contributed by atoms with Crippen LogP contribution in [0.2, 0.25) is 0 Å². The average molecular weight is 594 g/mol. The first-order valence-corrected chi connectivity index (χ1v) is 14.5. The number of methoxy groups -OCH3 is 2. The molecule has 2 N–H and O–H groups in total. The summed E-state index contributed by atoms with van der Waals surface area (Å²) in [5.41, 5.74) is 7.94. The first-order valence-electron chi connectivity index (χ1n) is 13.2. The highest BCUT2D eigenvalue weighted by atomic mass is 32.2. The SMILES string of the molecule is COc1ccc(CCN2C(=O)C(=Cc3c(N4CCC(C(N)=O)CC4)nc4ccc(C)cn4c3=O)SC2=S)cc1OC. The van der Waals surface area contributed by atoms with E-state index in [4.69, 9.17) is 32.4 Å². The first kappa shape index (κ1) is 28.6. The number of anilines is 1. The number of fused-ring (bicyclic) bond motifs is 1. The highest BCUT2D eigenvalue weighted by Gasteiger charge is 2.33. The number of aromatic nitrogens is 2. The Morgan fingerprint density at radius 1 is 1.15 bits per heavy atom. The number of benzene rings is 1. The Hall–Kier alpha value is -3.90. The van der Waals surface area contributed by atoms with Crippen molar-refractivity contribution in [1.29, 1.82) is 0 Å². The van der Waals surface area contributed by atoms with E-state index in [9.17, 15) is 14.4 Å². The third kappa shape index (κ3) is 5.80. The smallest absolute Gasteiger partial charge is 0.267 e. The standard InChI is InChI=1S/C29H31N5O5S2/c1-17-4-7-24-31-26(32-11-9-19(10-12-32)25(30)35)20(27(36)34(24)16-17)15-23-28(37)33(29(40)41-23)13-8-18-5-6-21(38-2)22(14-18)39-3/h4-7,14-16,19H,8-13H2,1-3H3,(H2,30,35). The van der Waals surface area contributed by atoms with E-state index in [1.807, 2.05) is 36.1 Å². The van der Waals surface area contributed by atoms with Crippen LogP contribution in [0.25, 0.3) is 11.7 Å². The normalized spacial score (nSPS) is 17.1. The molecule has 41 heavy (non-hydrogen) atoms. The third-order valence-electron chi connectivity index (χ3n) is 7.40. The number of nitrogens with zero attached hydrogens (tertiary/aromatic N) is 4. The van der Waals surface area contributed by atoms with Gasteiger partial charge in [-0.15, -0.1) is 0 Å². The molecule has 2 aromatic heterocycles. The molecule has 0 radical (unpaired) electrons. The Morgan fingerprint density at radius 2 is 1.88 bits per heavy atom. The van der Waals surface area contributed by atoms with Gasteiger partial charge in [0.1, 0.15) is 15.8 Å². The van der Waals surface area contributed by atoms with Crippen LogP contribution in [0.3, 0.4) is 0 Å². The van der Waals surface area contributed by atoms with Crippen molar-refractivity contribution in [2.75, 3.05) is 38.8 Å². The van der Waals surface area contributed by atoms with E-state index in [2.05, 4.69) is 0 Å². The summed E-state index contributed by atoms with van der Waals surface area (Å²) in [6, 6.07) is 9.33. The number of aryl methyl sites for hydroxylation is 1. The van der Waals surface area contributed by atoms with Crippen LogP contribution in [0.15, 0.2) is 46.2 Å². The van der Waals surface area contributed by atoms with E-state index in [0.717, 1.165) is 11.1 Å². The van der Waals surface area contributed by atoms with Crippen molar-refractivity contribution >= 4 is 57.7 Å². The van der Waals surface area contributed by atoms with E-state index < -0.39 is 0 Å². The molecule has 0 unspecified atom stereocenters. The summed E-state index contributed by atoms with van der Waals surface area (Å²) in [5.74, 6) is 0.946. The zero-order valence-electron chi connectivity index (χ0n) is 23.1. The molecule has 2 aliphatic heterocycles. The lowest BCUT2D eigenvalue weighted by Crippen LogP contribution is -2.40. The molecule has 2 fully saturated rings. The van der Waals surface area contributed by atoms with Gasteiger partial charge in [0, 0.05) is 31.7 Å². The maximum atomic E-state index is 13.8. The maximum Gasteiger partial charge on any atom is 0.267 e. The summed E-state index contributed by atoms with van der Waals surface area (Å²) < 4.78 is 12.6. The van der Waals surface area contributed by atoms with Crippen molar-refractivity contribution in [1.82, 2.24) is 14.3 Å². The number of hydrogen-bond acceptors (Lipinski definition) is 9. The van der Waals surface area contributed by atoms with Crippen LogP contribution in [-0.2, 0) is 16.0 Å². The largest absolute Gasteiger partial charge is 0.493 e. The third-order valence-corrected chi connectivity index (χ3v) is 8.78. The molecular formula is C29H31N5O5S2. The lowest BCUT2D eigenvalue weighted by molar-refractivity contribution is -0.123. The van der Waals surface area contributed by atoms with Crippen LogP contribution in [0.1, 0.15) is 29.5 Å². The van der Waals surface area contributed by atoms with Crippen LogP contribution >= 0.6 is 24.0 Å². The molecule has 5 rings (SSSR count). The van der Waals surface area contributed by atoms with Crippen LogP contribution in [-0.4, -0.2) is 64.3 Å². The van der Waals surface area contributed by atoms with Crippen molar-refractivity contribution in [3.05, 3.63) is 68.5 Å². The monoisotopic (exact) mass is 593 g/mol. The van der Waals surface area contributed by atoms with E-state index >= 15 is 0 Å². The van der Waals surface area contributed by atoms with E-state index in [1.54, 1.807) is 37.5 Å². The summed E-state index contributed by atoms with van der Waals surface area (Å²) in [6.45, 7) is 3.32. The second kappa shape index (κ2) is 11.9. The average Bonchev–Trinajstić information content (AvgIpc) is 3.24. The van der Waals surface area contributed by atoms with Crippen LogP contribution in [0.5, 0.6) is 11.5 Å². The Labute approximate surface area is 247 Å². The molecule has 214 valence electrons. The quantitative estimate of drug-likeness (QED) is 0.310. The molecule has 0 aliphatic carbocycles. The number of thiocarbonyl (C=S) groups is 1. The summed E-state index contributed by atoms with van der Waals surface area (Å²) >= 11 is 6.74. The minimum Gasteiger partial charge on any atom is -0.493 e. The lowest BCUT2D eigenvalue weighted by Gasteiger charge is -2.32. The number of nitrogens with two attached hydrogens (primary N) is 1. The van der Waals surface area contributed by atoms with Gasteiger partial charge in [0.05, 0.1) is 24.7 Å². The molecular weight excluding hydrogens is 562 g/mol. The second-order valence-corrected chi connectivity index (χ2v) is 11.7. The fourth-order valence-electron chi connectivity index (χ4n) is 5.09. The predicted octanol–water partition coefficient (Wildman–Crippen LogP) is 3.17. The number of thioether (sulfide) groups is 1. The molecule has 2 aliphatic rings. The molecule has 2 saturated heterocycles. The van der Waals surface area contributed by atoms with Gasteiger partial charge in [-0.25, -0.2) is 4.98 Å². The zero-order valence-corrected chi connectivity index (χ0v) is 24.7. The van der Waals surface area contributed by atoms with Crippen LogP contribution in [0, 0.1) is 12.8 Å². The maximum absolute atomic E-state index is 13.8. The van der Waals surface area contributed by atoms with Gasteiger partial charge in [0.15, 0.2) is 11.5 Å². The minimum absolute atomic E-state index is 0.208. The van der Waals surface area contributed by atoms with Crippen LogP contribution in [0.4, 0.5) is 5.82 Å². The number of piperidine rings is 1. The molecule has 2 amide bonds. The van der Waals surface area contributed by atoms with Crippen molar-refractivity contribution in [2.24, 2.45) is 11.7 Å². The van der Waals surface area contributed by atoms with Crippen LogP contribution < -0.4 is 25.7 Å². The molecule has 12 heteroatoms. The van der Waals surface area contributed by atoms with E-state index in [1.165, 1.54) is 16.2 Å². The van der Waals surface area contributed by atoms with Gasteiger partial charge in [0.25, 0.3) is 11.5 Å². The lowest BCUT2D eigenvalue weighted by atomic mass is 9.96. The predicted molar refractivity (Wildman–Crippen MR) is 163 cm³/mol. The molecule has 3 aromatic rings. The Balaban J connectivity index is 1.45. The fraction of sp³-hybridized carbons (Fsp3) is 0.345. The Bertz CT molecular complexity index is 1630. The van der Waals surface area contributed by atoms with Gasteiger partial charge in [-0.2, -0.15) is 0 Å². The Kier molecular flexibility index (Phi) is 8.32. The molecule has 0 atom stereocenters. The summed E-state index contributed by atoms with van der Waals surface area (Å²) in [6.07, 6.45) is 5.04. The topological polar surface area (TPSA) is 119 Å². The Morgan fingerprint density at radius 3 is 2.56 bits per heavy atom. The number of rotatable bonds is 8. The highest BCUT2D eigenvalue weighted by molar-refractivity contribution is 8.26. The number of ether oxygens (including phenoxy) is 2. The number of hydrogen-bond donors (Lipinski definition) is 1. The molecule has 1 aromatic carbocycles. The summed E-state index contributed by atoms with van der Waals surface area (Å²) in [4.78, 5) is 47.7. The molecule has 0 saturated carbocycles. The zero-order chi connectivity index (χ0) is 29.3. The molecule has 0 spiro atoms. The molecule has 0 bridgehead atoms. The summed E-state index contributed by atoms with van der Waals surface area (Å²) in [5, 5.41) is 0. The van der Waals surface area contributed by atoms with Crippen molar-refractivity contribution in [3.63, 3.8) is 0 Å². The van der Waals surface area contributed by atoms with Gasteiger partial charge < -0.3 is 20.1 Å². The molecule has 10 nitrogen and oxygen atoms in total. The minimum atomic E-state index is -0.316. The van der Waals surface area contributed by atoms with E-state index in [0.29, 0.717) is 76.6 Å². The highest BCUT2D eigenvalue weighted by Crippen LogP contribution is 2.35. The molecule has 4 heterocycles.